The minimum absolute atomic E-state index is 0.0578. The molecule has 0 saturated heterocycles. The molecule has 0 radical (unpaired) electrons. The standard InChI is InChI=1S/C10H14N2OS/c1-4-10(13)12-11-8(3)9-5-7(2)6-14-9/h5-6H,4H2,1-3H3,(H,12,13). The van der Waals surface area contributed by atoms with Crippen LogP contribution in [-0.4, -0.2) is 11.6 Å². The van der Waals surface area contributed by atoms with Gasteiger partial charge in [-0.25, -0.2) is 5.43 Å². The Hall–Kier alpha value is -1.16. The normalized spacial score (nSPS) is 11.5. The predicted octanol–water partition coefficient (Wildman–Crippen LogP) is 2.31. The Kier molecular flexibility index (Phi) is 3.83. The minimum atomic E-state index is -0.0578. The average Bonchev–Trinajstić information content (AvgIpc) is 2.60. The third kappa shape index (κ3) is 2.96. The molecule has 1 N–H and O–H groups in total. The van der Waals surface area contributed by atoms with Crippen LogP contribution in [0.1, 0.15) is 30.7 Å². The third-order valence-electron chi connectivity index (χ3n) is 1.76. The van der Waals surface area contributed by atoms with Crippen LogP contribution in [0.4, 0.5) is 0 Å². The van der Waals surface area contributed by atoms with E-state index in [1.165, 1.54) is 5.56 Å². The van der Waals surface area contributed by atoms with Crippen LogP contribution in [-0.2, 0) is 4.79 Å². The van der Waals surface area contributed by atoms with E-state index in [4.69, 9.17) is 0 Å². The van der Waals surface area contributed by atoms with Gasteiger partial charge in [-0.15, -0.1) is 11.3 Å². The smallest absolute Gasteiger partial charge is 0.239 e. The molecule has 3 nitrogen and oxygen atoms in total. The molecule has 0 aromatic carbocycles. The number of hydrazone groups is 1. The first-order valence-corrected chi connectivity index (χ1v) is 5.40. The summed E-state index contributed by atoms with van der Waals surface area (Å²) in [6.45, 7) is 5.73. The highest BCUT2D eigenvalue weighted by Gasteiger charge is 2.01. The number of thiophene rings is 1. The number of nitrogens with one attached hydrogen (secondary N) is 1. The molecule has 0 spiro atoms. The maximum atomic E-state index is 10.9. The molecule has 1 rings (SSSR count). The Morgan fingerprint density at radius 2 is 2.36 bits per heavy atom. The van der Waals surface area contributed by atoms with Gasteiger partial charge >= 0.3 is 0 Å². The zero-order chi connectivity index (χ0) is 10.6. The lowest BCUT2D eigenvalue weighted by Gasteiger charge is -1.97. The fraction of sp³-hybridized carbons (Fsp3) is 0.400. The van der Waals surface area contributed by atoms with Gasteiger partial charge in [-0.1, -0.05) is 6.92 Å². The zero-order valence-electron chi connectivity index (χ0n) is 8.63. The van der Waals surface area contributed by atoms with E-state index >= 15 is 0 Å². The van der Waals surface area contributed by atoms with Gasteiger partial charge < -0.3 is 0 Å². The van der Waals surface area contributed by atoms with E-state index in [1.54, 1.807) is 18.3 Å². The largest absolute Gasteiger partial charge is 0.273 e. The van der Waals surface area contributed by atoms with Crippen molar-refractivity contribution >= 4 is 23.0 Å². The molecule has 0 atom stereocenters. The molecule has 0 bridgehead atoms. The highest BCUT2D eigenvalue weighted by Crippen LogP contribution is 2.14. The Morgan fingerprint density at radius 3 is 2.86 bits per heavy atom. The molecular formula is C10H14N2OS. The molecule has 0 aliphatic carbocycles. The number of carbonyl (C=O) groups is 1. The van der Waals surface area contributed by atoms with Crippen molar-refractivity contribution in [1.29, 1.82) is 0 Å². The molecule has 1 heterocycles. The molecule has 0 fully saturated rings. The molecule has 1 aromatic rings. The molecule has 1 amide bonds. The summed E-state index contributed by atoms with van der Waals surface area (Å²) in [5.74, 6) is -0.0578. The summed E-state index contributed by atoms with van der Waals surface area (Å²) >= 11 is 1.63. The van der Waals surface area contributed by atoms with Crippen molar-refractivity contribution in [1.82, 2.24) is 5.43 Å². The summed E-state index contributed by atoms with van der Waals surface area (Å²) in [5, 5.41) is 6.07. The summed E-state index contributed by atoms with van der Waals surface area (Å²) in [4.78, 5) is 12.0. The van der Waals surface area contributed by atoms with Crippen molar-refractivity contribution in [3.63, 3.8) is 0 Å². The number of rotatable bonds is 3. The van der Waals surface area contributed by atoms with E-state index in [1.807, 2.05) is 13.8 Å². The second-order valence-corrected chi connectivity index (χ2v) is 3.99. The summed E-state index contributed by atoms with van der Waals surface area (Å²) in [6.07, 6.45) is 0.459. The van der Waals surface area contributed by atoms with Gasteiger partial charge in [-0.2, -0.15) is 5.10 Å². The highest BCUT2D eigenvalue weighted by molar-refractivity contribution is 7.12. The van der Waals surface area contributed by atoms with Crippen LogP contribution in [0.25, 0.3) is 0 Å². The van der Waals surface area contributed by atoms with Crippen molar-refractivity contribution in [2.45, 2.75) is 27.2 Å². The molecule has 4 heteroatoms. The van der Waals surface area contributed by atoms with Gasteiger partial charge in [0.05, 0.1) is 10.6 Å². The lowest BCUT2D eigenvalue weighted by atomic mass is 10.3. The molecular weight excluding hydrogens is 196 g/mol. The molecule has 1 aromatic heterocycles. The van der Waals surface area contributed by atoms with Crippen molar-refractivity contribution in [3.8, 4) is 0 Å². The van der Waals surface area contributed by atoms with E-state index in [9.17, 15) is 4.79 Å². The summed E-state index contributed by atoms with van der Waals surface area (Å²) in [7, 11) is 0. The Balaban J connectivity index is 2.65. The molecule has 0 aliphatic heterocycles. The molecule has 0 unspecified atom stereocenters. The lowest BCUT2D eigenvalue weighted by Crippen LogP contribution is -2.17. The van der Waals surface area contributed by atoms with Crippen LogP contribution >= 0.6 is 11.3 Å². The van der Waals surface area contributed by atoms with Gasteiger partial charge in [0.15, 0.2) is 0 Å². The fourth-order valence-electron chi connectivity index (χ4n) is 0.901. The number of aryl methyl sites for hydroxylation is 1. The zero-order valence-corrected chi connectivity index (χ0v) is 9.44. The van der Waals surface area contributed by atoms with Crippen LogP contribution in [0.2, 0.25) is 0 Å². The minimum Gasteiger partial charge on any atom is -0.273 e. The van der Waals surface area contributed by atoms with Crippen LogP contribution in [0.15, 0.2) is 16.5 Å². The average molecular weight is 210 g/mol. The summed E-state index contributed by atoms with van der Waals surface area (Å²) < 4.78 is 0. The van der Waals surface area contributed by atoms with Gasteiger partial charge in [0, 0.05) is 6.42 Å². The SMILES string of the molecule is CCC(=O)NN=C(C)c1cc(C)cs1. The van der Waals surface area contributed by atoms with Crippen molar-refractivity contribution in [2.75, 3.05) is 0 Å². The Bertz CT molecular complexity index is 355. The van der Waals surface area contributed by atoms with Crippen LogP contribution in [0.5, 0.6) is 0 Å². The van der Waals surface area contributed by atoms with Crippen LogP contribution in [0, 0.1) is 6.92 Å². The van der Waals surface area contributed by atoms with Crippen molar-refractivity contribution < 1.29 is 4.79 Å². The first-order valence-electron chi connectivity index (χ1n) is 4.52. The number of nitrogens with zero attached hydrogens (tertiary/aromatic N) is 1. The molecule has 0 aliphatic rings. The number of amides is 1. The van der Waals surface area contributed by atoms with Crippen molar-refractivity contribution in [2.24, 2.45) is 5.10 Å². The summed E-state index contributed by atoms with van der Waals surface area (Å²) in [6, 6.07) is 2.06. The third-order valence-corrected chi connectivity index (χ3v) is 2.91. The lowest BCUT2D eigenvalue weighted by molar-refractivity contribution is -0.120. The maximum absolute atomic E-state index is 10.9. The van der Waals surface area contributed by atoms with E-state index in [2.05, 4.69) is 22.0 Å². The van der Waals surface area contributed by atoms with Gasteiger partial charge in [0.25, 0.3) is 0 Å². The van der Waals surface area contributed by atoms with E-state index in [0.29, 0.717) is 6.42 Å². The van der Waals surface area contributed by atoms with E-state index < -0.39 is 0 Å². The number of hydrogen-bond donors (Lipinski definition) is 1. The topological polar surface area (TPSA) is 41.5 Å². The number of carbonyl (C=O) groups excluding carboxylic acids is 1. The van der Waals surface area contributed by atoms with Gasteiger partial charge in [0.1, 0.15) is 0 Å². The first kappa shape index (κ1) is 10.9. The highest BCUT2D eigenvalue weighted by atomic mass is 32.1. The Labute approximate surface area is 87.8 Å². The Morgan fingerprint density at radius 1 is 1.64 bits per heavy atom. The van der Waals surface area contributed by atoms with Crippen LogP contribution in [0.3, 0.4) is 0 Å². The molecule has 76 valence electrons. The molecule has 14 heavy (non-hydrogen) atoms. The second kappa shape index (κ2) is 4.91. The van der Waals surface area contributed by atoms with Gasteiger partial charge in [-0.3, -0.25) is 4.79 Å². The van der Waals surface area contributed by atoms with E-state index in [0.717, 1.165) is 10.6 Å². The van der Waals surface area contributed by atoms with Gasteiger partial charge in [0.2, 0.25) is 5.91 Å². The van der Waals surface area contributed by atoms with Crippen molar-refractivity contribution in [3.05, 3.63) is 21.9 Å². The quantitative estimate of drug-likeness (QED) is 0.603. The van der Waals surface area contributed by atoms with Crippen LogP contribution < -0.4 is 5.43 Å². The predicted molar refractivity (Wildman–Crippen MR) is 59.7 cm³/mol. The monoisotopic (exact) mass is 210 g/mol. The maximum Gasteiger partial charge on any atom is 0.239 e. The first-order chi connectivity index (χ1) is 6.63. The van der Waals surface area contributed by atoms with E-state index in [-0.39, 0.29) is 5.91 Å². The molecule has 0 saturated carbocycles. The fourth-order valence-corrected chi connectivity index (χ4v) is 1.75. The number of hydrogen-bond acceptors (Lipinski definition) is 3. The second-order valence-electron chi connectivity index (χ2n) is 3.07. The summed E-state index contributed by atoms with van der Waals surface area (Å²) in [5.41, 5.74) is 4.57. The van der Waals surface area contributed by atoms with Gasteiger partial charge in [-0.05, 0) is 30.9 Å².